The maximum Gasteiger partial charge on any atom is 0.322 e. The first-order chi connectivity index (χ1) is 10.4. The molecule has 1 saturated heterocycles. The first-order valence-electron chi connectivity index (χ1n) is 6.96. The zero-order valence-corrected chi connectivity index (χ0v) is 12.9. The van der Waals surface area contributed by atoms with Crippen LogP contribution >= 0.6 is 0 Å². The van der Waals surface area contributed by atoms with Crippen molar-refractivity contribution in [3.63, 3.8) is 0 Å². The molecule has 0 spiro atoms. The summed E-state index contributed by atoms with van der Waals surface area (Å²) in [6.07, 6.45) is 0.398. The van der Waals surface area contributed by atoms with E-state index in [0.29, 0.717) is 18.8 Å². The van der Waals surface area contributed by atoms with Gasteiger partial charge in [-0.3, -0.25) is 4.79 Å². The van der Waals surface area contributed by atoms with Gasteiger partial charge in [0, 0.05) is 26.5 Å². The number of fused-ring (bicyclic) bond motifs is 1. The average molecular weight is 327 g/mol. The maximum atomic E-state index is 12.8. The Bertz CT molecular complexity index is 701. The number of aliphatic carboxylic acids is 1. The minimum atomic E-state index is -3.88. The van der Waals surface area contributed by atoms with E-state index in [4.69, 9.17) is 9.47 Å². The molecule has 0 unspecified atom stereocenters. The topological polar surface area (TPSA) is 93.1 Å². The van der Waals surface area contributed by atoms with E-state index in [1.807, 2.05) is 0 Å². The van der Waals surface area contributed by atoms with Gasteiger partial charge in [-0.15, -0.1) is 0 Å². The van der Waals surface area contributed by atoms with E-state index in [1.54, 1.807) is 12.1 Å². The third-order valence-electron chi connectivity index (χ3n) is 4.10. The first-order valence-corrected chi connectivity index (χ1v) is 8.40. The van der Waals surface area contributed by atoms with Gasteiger partial charge in [0.1, 0.15) is 11.8 Å². The molecule has 0 saturated carbocycles. The molecule has 1 fully saturated rings. The summed E-state index contributed by atoms with van der Waals surface area (Å²) in [5.74, 6) is -0.474. The number of carboxylic acids is 1. The molecule has 0 aromatic heterocycles. The predicted molar refractivity (Wildman–Crippen MR) is 76.4 cm³/mol. The number of benzene rings is 1. The quantitative estimate of drug-likeness (QED) is 0.865. The van der Waals surface area contributed by atoms with Crippen molar-refractivity contribution in [1.82, 2.24) is 4.31 Å². The lowest BCUT2D eigenvalue weighted by molar-refractivity contribution is -0.140. The zero-order valence-electron chi connectivity index (χ0n) is 12.1. The lowest BCUT2D eigenvalue weighted by Gasteiger charge is -2.21. The summed E-state index contributed by atoms with van der Waals surface area (Å²) in [7, 11) is -2.43. The van der Waals surface area contributed by atoms with Crippen molar-refractivity contribution in [1.29, 1.82) is 0 Å². The molecule has 7 nitrogen and oxygen atoms in total. The second-order valence-electron chi connectivity index (χ2n) is 5.39. The molecule has 2 atom stereocenters. The Balaban J connectivity index is 1.96. The van der Waals surface area contributed by atoms with Gasteiger partial charge in [-0.25, -0.2) is 8.42 Å². The van der Waals surface area contributed by atoms with Crippen molar-refractivity contribution >= 4 is 16.0 Å². The summed E-state index contributed by atoms with van der Waals surface area (Å²) in [5, 5.41) is 9.28. The Kier molecular flexibility index (Phi) is 3.84. The lowest BCUT2D eigenvalue weighted by atomic mass is 10.2. The zero-order chi connectivity index (χ0) is 15.9. The standard InChI is InChI=1S/C14H17NO6S/c1-20-10-7-12(14(16)17)15(8-10)22(18,19)11-2-3-13-9(6-11)4-5-21-13/h2-3,6,10,12H,4-5,7-8H2,1H3,(H,16,17)/t10-,12+/m1/s1. The van der Waals surface area contributed by atoms with Gasteiger partial charge in [-0.2, -0.15) is 4.31 Å². The highest BCUT2D eigenvalue weighted by atomic mass is 32.2. The molecule has 22 heavy (non-hydrogen) atoms. The number of ether oxygens (including phenoxy) is 2. The fourth-order valence-electron chi connectivity index (χ4n) is 2.89. The Morgan fingerprint density at radius 2 is 2.23 bits per heavy atom. The van der Waals surface area contributed by atoms with E-state index in [2.05, 4.69) is 0 Å². The molecule has 0 radical (unpaired) electrons. The molecule has 1 aromatic carbocycles. The van der Waals surface area contributed by atoms with Gasteiger partial charge in [0.15, 0.2) is 0 Å². The van der Waals surface area contributed by atoms with E-state index >= 15 is 0 Å². The second-order valence-corrected chi connectivity index (χ2v) is 7.28. The number of rotatable bonds is 4. The van der Waals surface area contributed by atoms with Crippen LogP contribution in [0, 0.1) is 0 Å². The smallest absolute Gasteiger partial charge is 0.322 e. The molecular weight excluding hydrogens is 310 g/mol. The molecule has 3 rings (SSSR count). The molecular formula is C14H17NO6S. The third-order valence-corrected chi connectivity index (χ3v) is 5.97. The highest BCUT2D eigenvalue weighted by molar-refractivity contribution is 7.89. The van der Waals surface area contributed by atoms with Crippen molar-refractivity contribution in [2.24, 2.45) is 0 Å². The van der Waals surface area contributed by atoms with Crippen molar-refractivity contribution in [3.8, 4) is 5.75 Å². The van der Waals surface area contributed by atoms with Crippen LogP contribution in [0.25, 0.3) is 0 Å². The van der Waals surface area contributed by atoms with Gasteiger partial charge >= 0.3 is 5.97 Å². The van der Waals surface area contributed by atoms with Crippen LogP contribution in [-0.2, 0) is 26.0 Å². The van der Waals surface area contributed by atoms with E-state index in [-0.39, 0.29) is 17.9 Å². The molecule has 1 N–H and O–H groups in total. The Morgan fingerprint density at radius 1 is 1.45 bits per heavy atom. The molecule has 2 aliphatic rings. The first kappa shape index (κ1) is 15.3. The van der Waals surface area contributed by atoms with E-state index in [1.165, 1.54) is 13.2 Å². The number of methoxy groups -OCH3 is 1. The molecule has 0 amide bonds. The Hall–Kier alpha value is -1.64. The largest absolute Gasteiger partial charge is 0.493 e. The van der Waals surface area contributed by atoms with Crippen LogP contribution in [0.5, 0.6) is 5.75 Å². The van der Waals surface area contributed by atoms with E-state index < -0.39 is 28.1 Å². The van der Waals surface area contributed by atoms with Gasteiger partial charge in [0.05, 0.1) is 17.6 Å². The van der Waals surface area contributed by atoms with Crippen molar-refractivity contribution in [3.05, 3.63) is 23.8 Å². The molecule has 0 aliphatic carbocycles. The summed E-state index contributed by atoms with van der Waals surface area (Å²) < 4.78 is 37.1. The van der Waals surface area contributed by atoms with Crippen molar-refractivity contribution in [2.45, 2.75) is 29.9 Å². The van der Waals surface area contributed by atoms with Crippen LogP contribution in [0.1, 0.15) is 12.0 Å². The number of sulfonamides is 1. The second kappa shape index (κ2) is 5.53. The maximum absolute atomic E-state index is 12.8. The average Bonchev–Trinajstić information content (AvgIpc) is 3.13. The summed E-state index contributed by atoms with van der Waals surface area (Å²) in [6.45, 7) is 0.579. The monoisotopic (exact) mass is 327 g/mol. The molecule has 8 heteroatoms. The number of carboxylic acid groups (broad SMARTS) is 1. The summed E-state index contributed by atoms with van der Waals surface area (Å²) in [6, 6.07) is 3.55. The van der Waals surface area contributed by atoms with Crippen LogP contribution < -0.4 is 4.74 Å². The SMILES string of the molecule is CO[C@@H]1C[C@@H](C(=O)O)N(S(=O)(=O)c2ccc3c(c2)CCO3)C1. The molecule has 1 aromatic rings. The summed E-state index contributed by atoms with van der Waals surface area (Å²) >= 11 is 0. The minimum Gasteiger partial charge on any atom is -0.493 e. The van der Waals surface area contributed by atoms with Gasteiger partial charge < -0.3 is 14.6 Å². The highest BCUT2D eigenvalue weighted by Gasteiger charge is 2.44. The Morgan fingerprint density at radius 3 is 2.91 bits per heavy atom. The van der Waals surface area contributed by atoms with Crippen molar-refractivity contribution < 1.29 is 27.8 Å². The molecule has 120 valence electrons. The van der Waals surface area contributed by atoms with Gasteiger partial charge in [-0.1, -0.05) is 0 Å². The van der Waals surface area contributed by atoms with E-state index in [9.17, 15) is 18.3 Å². The summed E-state index contributed by atoms with van der Waals surface area (Å²) in [4.78, 5) is 11.5. The fourth-order valence-corrected chi connectivity index (χ4v) is 4.56. The van der Waals surface area contributed by atoms with Gasteiger partial charge in [-0.05, 0) is 23.8 Å². The molecule has 0 bridgehead atoms. The Labute approximate surface area is 128 Å². The van der Waals surface area contributed by atoms with Crippen LogP contribution in [0.15, 0.2) is 23.1 Å². The number of nitrogens with zero attached hydrogens (tertiary/aromatic N) is 1. The number of hydrogen-bond donors (Lipinski definition) is 1. The highest BCUT2D eigenvalue weighted by Crippen LogP contribution is 2.32. The van der Waals surface area contributed by atoms with Gasteiger partial charge in [0.25, 0.3) is 0 Å². The number of hydrogen-bond acceptors (Lipinski definition) is 5. The molecule has 2 heterocycles. The van der Waals surface area contributed by atoms with Crippen LogP contribution in [0.4, 0.5) is 0 Å². The fraction of sp³-hybridized carbons (Fsp3) is 0.500. The van der Waals surface area contributed by atoms with Crippen LogP contribution in [-0.4, -0.2) is 56.2 Å². The number of carbonyl (C=O) groups is 1. The third kappa shape index (κ3) is 2.47. The van der Waals surface area contributed by atoms with Gasteiger partial charge in [0.2, 0.25) is 10.0 Å². The predicted octanol–water partition coefficient (Wildman–Crippen LogP) is 0.484. The van der Waals surface area contributed by atoms with Crippen LogP contribution in [0.3, 0.4) is 0 Å². The van der Waals surface area contributed by atoms with Crippen LogP contribution in [0.2, 0.25) is 0 Å². The summed E-state index contributed by atoms with van der Waals surface area (Å²) in [5.41, 5.74) is 0.829. The normalized spacial score (nSPS) is 25.0. The van der Waals surface area contributed by atoms with E-state index in [0.717, 1.165) is 9.87 Å². The minimum absolute atomic E-state index is 0.0450. The van der Waals surface area contributed by atoms with Crippen molar-refractivity contribution in [2.75, 3.05) is 20.3 Å². The lowest BCUT2D eigenvalue weighted by Crippen LogP contribution is -2.40. The molecule has 2 aliphatic heterocycles.